The zero-order valence-electron chi connectivity index (χ0n) is 9.55. The average Bonchev–Trinajstić information content (AvgIpc) is 2.68. The lowest BCUT2D eigenvalue weighted by Crippen LogP contribution is -1.85. The van der Waals surface area contributed by atoms with Gasteiger partial charge in [-0.05, 0) is 30.7 Å². The largest absolute Gasteiger partial charge is 0.206 e. The lowest BCUT2D eigenvalue weighted by Gasteiger charge is -2.03. The molecule has 0 aliphatic rings. The van der Waals surface area contributed by atoms with Crippen LogP contribution in [0.3, 0.4) is 0 Å². The van der Waals surface area contributed by atoms with Gasteiger partial charge in [-0.25, -0.2) is 4.39 Å². The van der Waals surface area contributed by atoms with E-state index in [0.29, 0.717) is 9.90 Å². The van der Waals surface area contributed by atoms with Crippen molar-refractivity contribution < 1.29 is 4.39 Å². The molecule has 0 nitrogen and oxygen atoms in total. The number of hydrogen-bond acceptors (Lipinski definition) is 1. The van der Waals surface area contributed by atoms with Crippen LogP contribution < -0.4 is 0 Å². The van der Waals surface area contributed by atoms with E-state index in [9.17, 15) is 4.39 Å². The molecule has 0 aliphatic carbocycles. The highest BCUT2D eigenvalue weighted by atomic mass is 35.5. The molecular weight excluding hydrogens is 243 g/mol. The van der Waals surface area contributed by atoms with Gasteiger partial charge in [-0.3, -0.25) is 0 Å². The van der Waals surface area contributed by atoms with Crippen LogP contribution in [0, 0.1) is 12.7 Å². The minimum atomic E-state index is -0.191. The Morgan fingerprint density at radius 2 is 1.81 bits per heavy atom. The minimum Gasteiger partial charge on any atom is -0.206 e. The van der Waals surface area contributed by atoms with Crippen molar-refractivity contribution in [2.45, 2.75) is 20.8 Å². The van der Waals surface area contributed by atoms with Gasteiger partial charge in [-0.15, -0.1) is 11.3 Å². The molecule has 2 aromatic rings. The smallest absolute Gasteiger partial charge is 0.132 e. The molecule has 0 amide bonds. The molecule has 0 saturated heterocycles. The van der Waals surface area contributed by atoms with Gasteiger partial charge in [-0.1, -0.05) is 37.6 Å². The van der Waals surface area contributed by atoms with Crippen LogP contribution in [-0.4, -0.2) is 0 Å². The van der Waals surface area contributed by atoms with Gasteiger partial charge in [0.05, 0.1) is 4.34 Å². The number of benzene rings is 1. The van der Waals surface area contributed by atoms with Crippen molar-refractivity contribution in [1.82, 2.24) is 0 Å². The zero-order chi connectivity index (χ0) is 12.1. The van der Waals surface area contributed by atoms with E-state index in [4.69, 9.17) is 11.6 Å². The predicted molar refractivity (Wildman–Crippen MR) is 70.8 cm³/mol. The average molecular weight is 257 g/mol. The lowest BCUT2D eigenvalue weighted by molar-refractivity contribution is 0.630. The molecule has 3 heteroatoms. The number of halogens is 2. The normalized spacial score (nSPS) is 9.56. The van der Waals surface area contributed by atoms with E-state index in [2.05, 4.69) is 0 Å². The van der Waals surface area contributed by atoms with E-state index >= 15 is 0 Å². The summed E-state index contributed by atoms with van der Waals surface area (Å²) >= 11 is 7.21. The van der Waals surface area contributed by atoms with E-state index in [0.717, 1.165) is 10.4 Å². The van der Waals surface area contributed by atoms with E-state index in [1.165, 1.54) is 17.4 Å². The van der Waals surface area contributed by atoms with Crippen molar-refractivity contribution >= 4 is 22.9 Å². The summed E-state index contributed by atoms with van der Waals surface area (Å²) < 4.78 is 14.2. The molecule has 0 aliphatic heterocycles. The van der Waals surface area contributed by atoms with Crippen molar-refractivity contribution in [2.24, 2.45) is 0 Å². The summed E-state index contributed by atoms with van der Waals surface area (Å²) in [5.74, 6) is -0.191. The molecule has 0 saturated carbocycles. The first-order valence-electron chi connectivity index (χ1n) is 5.19. The third kappa shape index (κ3) is 2.83. The molecule has 0 N–H and O–H groups in total. The Kier molecular flexibility index (Phi) is 4.97. The molecule has 1 aromatic heterocycles. The van der Waals surface area contributed by atoms with Gasteiger partial charge in [0.2, 0.25) is 0 Å². The van der Waals surface area contributed by atoms with Crippen LogP contribution >= 0.6 is 22.9 Å². The molecule has 1 aromatic carbocycles. The molecule has 86 valence electrons. The number of thiophene rings is 1. The lowest BCUT2D eigenvalue weighted by atomic mass is 10.1. The third-order valence-corrected chi connectivity index (χ3v) is 3.29. The summed E-state index contributed by atoms with van der Waals surface area (Å²) in [6, 6.07) is 8.71. The van der Waals surface area contributed by atoms with E-state index < -0.39 is 0 Å². The van der Waals surface area contributed by atoms with Gasteiger partial charge in [0.25, 0.3) is 0 Å². The van der Waals surface area contributed by atoms with Crippen molar-refractivity contribution in [3.63, 3.8) is 0 Å². The molecule has 0 spiro atoms. The monoisotopic (exact) mass is 256 g/mol. The van der Waals surface area contributed by atoms with Crippen molar-refractivity contribution in [2.75, 3.05) is 0 Å². The Morgan fingerprint density at radius 3 is 2.31 bits per heavy atom. The van der Waals surface area contributed by atoms with Gasteiger partial charge in [-0.2, -0.15) is 0 Å². The fraction of sp³-hybridized carbons (Fsp3) is 0.231. The topological polar surface area (TPSA) is 0 Å². The van der Waals surface area contributed by atoms with Crippen LogP contribution in [-0.2, 0) is 0 Å². The molecule has 2 rings (SSSR count). The molecule has 0 unspecified atom stereocenters. The van der Waals surface area contributed by atoms with Gasteiger partial charge < -0.3 is 0 Å². The summed E-state index contributed by atoms with van der Waals surface area (Å²) in [6.45, 7) is 5.89. The molecule has 0 atom stereocenters. The van der Waals surface area contributed by atoms with Crippen LogP contribution in [0.25, 0.3) is 10.4 Å². The van der Waals surface area contributed by atoms with Gasteiger partial charge in [0.1, 0.15) is 5.82 Å². The van der Waals surface area contributed by atoms with Gasteiger partial charge in [0, 0.05) is 10.4 Å². The Labute approximate surface area is 105 Å². The SMILES string of the molecule is CC.Cc1cccc(F)c1-c1ccc(Cl)s1. The van der Waals surface area contributed by atoms with Crippen molar-refractivity contribution in [1.29, 1.82) is 0 Å². The second-order valence-corrected chi connectivity index (χ2v) is 4.75. The predicted octanol–water partition coefficient (Wildman–Crippen LogP) is 5.54. The number of aryl methyl sites for hydroxylation is 1. The summed E-state index contributed by atoms with van der Waals surface area (Å²) in [5.41, 5.74) is 1.59. The minimum absolute atomic E-state index is 0.191. The molecule has 0 radical (unpaired) electrons. The summed E-state index contributed by atoms with van der Waals surface area (Å²) in [6.07, 6.45) is 0. The Morgan fingerprint density at radius 1 is 1.12 bits per heavy atom. The molecular formula is C13H14ClFS. The highest BCUT2D eigenvalue weighted by Crippen LogP contribution is 2.34. The molecule has 0 fully saturated rings. The zero-order valence-corrected chi connectivity index (χ0v) is 11.1. The first kappa shape index (κ1) is 13.2. The Bertz CT molecular complexity index is 442. The Balaban J connectivity index is 0.000000606. The van der Waals surface area contributed by atoms with Crippen LogP contribution in [0.1, 0.15) is 19.4 Å². The van der Waals surface area contributed by atoms with E-state index in [-0.39, 0.29) is 5.82 Å². The highest BCUT2D eigenvalue weighted by Gasteiger charge is 2.09. The maximum Gasteiger partial charge on any atom is 0.132 e. The highest BCUT2D eigenvalue weighted by molar-refractivity contribution is 7.19. The standard InChI is InChI=1S/C11H8ClFS.C2H6/c1-7-3-2-4-8(13)11(7)9-5-6-10(12)14-9;1-2/h2-6H,1H3;1-2H3. The molecule has 16 heavy (non-hydrogen) atoms. The van der Waals surface area contributed by atoms with E-state index in [1.54, 1.807) is 12.1 Å². The summed E-state index contributed by atoms with van der Waals surface area (Å²) in [4.78, 5) is 0.880. The summed E-state index contributed by atoms with van der Waals surface area (Å²) in [5, 5.41) is 0. The van der Waals surface area contributed by atoms with Crippen LogP contribution in [0.5, 0.6) is 0 Å². The van der Waals surface area contributed by atoms with Crippen molar-refractivity contribution in [3.05, 3.63) is 46.0 Å². The maximum atomic E-state index is 13.5. The van der Waals surface area contributed by atoms with Crippen molar-refractivity contribution in [3.8, 4) is 10.4 Å². The van der Waals surface area contributed by atoms with Crippen LogP contribution in [0.15, 0.2) is 30.3 Å². The van der Waals surface area contributed by atoms with Crippen LogP contribution in [0.4, 0.5) is 4.39 Å². The number of rotatable bonds is 1. The quantitative estimate of drug-likeness (QED) is 0.628. The van der Waals surface area contributed by atoms with Crippen LogP contribution in [0.2, 0.25) is 4.34 Å². The van der Waals surface area contributed by atoms with Gasteiger partial charge in [0.15, 0.2) is 0 Å². The number of hydrogen-bond donors (Lipinski definition) is 0. The first-order chi connectivity index (χ1) is 7.68. The molecule has 0 bridgehead atoms. The fourth-order valence-corrected chi connectivity index (χ4v) is 2.55. The maximum absolute atomic E-state index is 13.5. The molecule has 1 heterocycles. The second-order valence-electron chi connectivity index (χ2n) is 3.04. The van der Waals surface area contributed by atoms with Gasteiger partial charge >= 0.3 is 0 Å². The third-order valence-electron chi connectivity index (χ3n) is 2.04. The van der Waals surface area contributed by atoms with E-state index in [1.807, 2.05) is 32.9 Å². The summed E-state index contributed by atoms with van der Waals surface area (Å²) in [7, 11) is 0. The fourth-order valence-electron chi connectivity index (χ4n) is 1.39. The first-order valence-corrected chi connectivity index (χ1v) is 6.39. The Hall–Kier alpha value is -0.860. The second kappa shape index (κ2) is 6.02.